The molecule has 124 valence electrons. The van der Waals surface area contributed by atoms with Gasteiger partial charge in [0.15, 0.2) is 5.96 Å². The quantitative estimate of drug-likeness (QED) is 0.451. The molecule has 0 atom stereocenters. The van der Waals surface area contributed by atoms with Crippen LogP contribution >= 0.6 is 0 Å². The molecule has 0 aromatic rings. The van der Waals surface area contributed by atoms with Crippen LogP contribution in [0.3, 0.4) is 0 Å². The summed E-state index contributed by atoms with van der Waals surface area (Å²) in [5.74, 6) is 1.08. The van der Waals surface area contributed by atoms with Crippen molar-refractivity contribution in [3.05, 3.63) is 25.3 Å². The summed E-state index contributed by atoms with van der Waals surface area (Å²) in [6.45, 7) is 9.46. The van der Waals surface area contributed by atoms with E-state index in [2.05, 4.69) is 23.4 Å². The second-order valence-corrected chi connectivity index (χ2v) is 6.71. The minimum atomic E-state index is 0.497. The van der Waals surface area contributed by atoms with Crippen LogP contribution in [0.15, 0.2) is 30.3 Å². The van der Waals surface area contributed by atoms with Gasteiger partial charge in [0.25, 0.3) is 0 Å². The van der Waals surface area contributed by atoms with Crippen LogP contribution in [0.4, 0.5) is 0 Å². The van der Waals surface area contributed by atoms with Crippen molar-refractivity contribution in [3.63, 3.8) is 0 Å². The van der Waals surface area contributed by atoms with E-state index in [1.807, 2.05) is 12.2 Å². The zero-order valence-corrected chi connectivity index (χ0v) is 14.1. The van der Waals surface area contributed by atoms with Crippen molar-refractivity contribution >= 4 is 5.96 Å². The molecule has 2 rings (SSSR count). The average molecular weight is 303 g/mol. The summed E-state index contributed by atoms with van der Waals surface area (Å²) in [6.07, 6.45) is 17.1. The highest BCUT2D eigenvalue weighted by atomic mass is 15.3. The molecule has 0 bridgehead atoms. The summed E-state index contributed by atoms with van der Waals surface area (Å²) in [7, 11) is 0. The summed E-state index contributed by atoms with van der Waals surface area (Å²) in [4.78, 5) is 7.38. The molecule has 1 N–H and O–H groups in total. The predicted octanol–water partition coefficient (Wildman–Crippen LogP) is 4.27. The summed E-state index contributed by atoms with van der Waals surface area (Å²) in [5, 5.41) is 3.75. The van der Waals surface area contributed by atoms with E-state index in [0.717, 1.165) is 19.0 Å². The molecule has 0 aromatic carbocycles. The molecule has 0 aromatic heterocycles. The molecule has 2 fully saturated rings. The first kappa shape index (κ1) is 17.1. The van der Waals surface area contributed by atoms with Gasteiger partial charge in [0.05, 0.1) is 6.04 Å². The maximum absolute atomic E-state index is 5.10. The summed E-state index contributed by atoms with van der Waals surface area (Å²) < 4.78 is 0. The lowest BCUT2D eigenvalue weighted by atomic mass is 9.95. The van der Waals surface area contributed by atoms with E-state index in [0.29, 0.717) is 12.1 Å². The Morgan fingerprint density at radius 3 is 2.00 bits per heavy atom. The molecular weight excluding hydrogens is 270 g/mol. The summed E-state index contributed by atoms with van der Waals surface area (Å²) in [6, 6.07) is 1.09. The first-order valence-electron chi connectivity index (χ1n) is 9.14. The van der Waals surface area contributed by atoms with Gasteiger partial charge in [-0.15, -0.1) is 13.2 Å². The largest absolute Gasteiger partial charge is 0.353 e. The molecule has 0 radical (unpaired) electrons. The van der Waals surface area contributed by atoms with Gasteiger partial charge in [0.2, 0.25) is 0 Å². The van der Waals surface area contributed by atoms with Crippen LogP contribution in [0.25, 0.3) is 0 Å². The molecule has 0 saturated heterocycles. The van der Waals surface area contributed by atoms with E-state index in [-0.39, 0.29) is 0 Å². The topological polar surface area (TPSA) is 27.6 Å². The Labute approximate surface area is 136 Å². The van der Waals surface area contributed by atoms with Gasteiger partial charge >= 0.3 is 0 Å². The maximum Gasteiger partial charge on any atom is 0.194 e. The predicted molar refractivity (Wildman–Crippen MR) is 96.3 cm³/mol. The number of guanidine groups is 1. The van der Waals surface area contributed by atoms with Crippen molar-refractivity contribution in [2.75, 3.05) is 13.1 Å². The Kier molecular flexibility index (Phi) is 7.55. The second kappa shape index (κ2) is 9.70. The Bertz CT molecular complexity index is 353. The third-order valence-corrected chi connectivity index (χ3v) is 4.82. The smallest absolute Gasteiger partial charge is 0.194 e. The van der Waals surface area contributed by atoms with Crippen LogP contribution in [0, 0.1) is 0 Å². The van der Waals surface area contributed by atoms with Crippen LogP contribution in [-0.2, 0) is 0 Å². The van der Waals surface area contributed by atoms with Crippen molar-refractivity contribution in [1.82, 2.24) is 10.2 Å². The number of aliphatic imine (C=N–C) groups is 1. The fourth-order valence-electron chi connectivity index (χ4n) is 3.58. The molecule has 3 heteroatoms. The minimum Gasteiger partial charge on any atom is -0.353 e. The number of nitrogens with zero attached hydrogens (tertiary/aromatic N) is 2. The van der Waals surface area contributed by atoms with Gasteiger partial charge in [-0.1, -0.05) is 50.7 Å². The molecule has 3 nitrogen and oxygen atoms in total. The lowest BCUT2D eigenvalue weighted by Crippen LogP contribution is -2.47. The van der Waals surface area contributed by atoms with E-state index >= 15 is 0 Å². The minimum absolute atomic E-state index is 0.497. The van der Waals surface area contributed by atoms with E-state index in [9.17, 15) is 0 Å². The Morgan fingerprint density at radius 1 is 0.909 bits per heavy atom. The van der Waals surface area contributed by atoms with Crippen LogP contribution in [0.2, 0.25) is 0 Å². The normalized spacial score (nSPS) is 21.4. The molecule has 2 aliphatic carbocycles. The third kappa shape index (κ3) is 5.51. The fraction of sp³-hybridized carbons (Fsp3) is 0.737. The van der Waals surface area contributed by atoms with Crippen LogP contribution < -0.4 is 5.32 Å². The van der Waals surface area contributed by atoms with Gasteiger partial charge in [0.1, 0.15) is 0 Å². The van der Waals surface area contributed by atoms with Crippen molar-refractivity contribution in [2.24, 2.45) is 4.99 Å². The number of nitrogens with one attached hydrogen (secondary N) is 1. The molecular formula is C19H33N3. The zero-order chi connectivity index (χ0) is 15.6. The highest BCUT2D eigenvalue weighted by Gasteiger charge is 2.20. The average Bonchev–Trinajstić information content (AvgIpc) is 2.56. The van der Waals surface area contributed by atoms with Crippen molar-refractivity contribution in [3.8, 4) is 0 Å². The molecule has 0 heterocycles. The van der Waals surface area contributed by atoms with Gasteiger partial charge in [-0.25, -0.2) is 4.99 Å². The lowest BCUT2D eigenvalue weighted by Gasteiger charge is -2.32. The molecule has 22 heavy (non-hydrogen) atoms. The van der Waals surface area contributed by atoms with E-state index < -0.39 is 0 Å². The molecule has 2 saturated carbocycles. The van der Waals surface area contributed by atoms with E-state index in [1.165, 1.54) is 64.2 Å². The van der Waals surface area contributed by atoms with E-state index in [4.69, 9.17) is 4.99 Å². The first-order chi connectivity index (χ1) is 10.8. The summed E-state index contributed by atoms with van der Waals surface area (Å²) >= 11 is 0. The lowest BCUT2D eigenvalue weighted by molar-refractivity contribution is 0.380. The third-order valence-electron chi connectivity index (χ3n) is 4.82. The molecule has 0 amide bonds. The number of hydrogen-bond donors (Lipinski definition) is 1. The van der Waals surface area contributed by atoms with Gasteiger partial charge < -0.3 is 10.2 Å². The Balaban J connectivity index is 2.07. The van der Waals surface area contributed by atoms with Crippen LogP contribution in [-0.4, -0.2) is 36.0 Å². The van der Waals surface area contributed by atoms with Gasteiger partial charge in [-0.3, -0.25) is 0 Å². The molecule has 0 aliphatic heterocycles. The SMILES string of the molecule is C=CCN(CC=C)C(=NC1CCCCC1)NC1CCCCC1. The van der Waals surface area contributed by atoms with Gasteiger partial charge in [-0.05, 0) is 25.7 Å². The van der Waals surface area contributed by atoms with Crippen LogP contribution in [0.1, 0.15) is 64.2 Å². The standard InChI is InChI=1S/C19H33N3/c1-3-15-22(16-4-2)19(20-17-11-7-5-8-12-17)21-18-13-9-6-10-14-18/h3-4,17-18H,1-2,5-16H2,(H,20,21). The molecule has 0 unspecified atom stereocenters. The molecule has 2 aliphatic rings. The second-order valence-electron chi connectivity index (χ2n) is 6.71. The summed E-state index contributed by atoms with van der Waals surface area (Å²) in [5.41, 5.74) is 0. The highest BCUT2D eigenvalue weighted by molar-refractivity contribution is 5.80. The van der Waals surface area contributed by atoms with Crippen molar-refractivity contribution < 1.29 is 0 Å². The Morgan fingerprint density at radius 2 is 1.45 bits per heavy atom. The zero-order valence-electron chi connectivity index (χ0n) is 14.1. The monoisotopic (exact) mass is 303 g/mol. The van der Waals surface area contributed by atoms with Crippen molar-refractivity contribution in [1.29, 1.82) is 0 Å². The van der Waals surface area contributed by atoms with Gasteiger partial charge in [0, 0.05) is 19.1 Å². The molecule has 0 spiro atoms. The fourth-order valence-corrected chi connectivity index (χ4v) is 3.58. The number of rotatable bonds is 6. The van der Waals surface area contributed by atoms with Crippen molar-refractivity contribution in [2.45, 2.75) is 76.3 Å². The van der Waals surface area contributed by atoms with Crippen LogP contribution in [0.5, 0.6) is 0 Å². The maximum atomic E-state index is 5.10. The number of hydrogen-bond acceptors (Lipinski definition) is 1. The first-order valence-corrected chi connectivity index (χ1v) is 9.14. The Hall–Kier alpha value is -1.25. The van der Waals surface area contributed by atoms with E-state index in [1.54, 1.807) is 0 Å². The highest BCUT2D eigenvalue weighted by Crippen LogP contribution is 2.21. The van der Waals surface area contributed by atoms with Gasteiger partial charge in [-0.2, -0.15) is 0 Å².